The molecule has 1 aliphatic heterocycles. The molecule has 9 nitrogen and oxygen atoms in total. The molecule has 3 rings (SSSR count). The number of carbonyl (C=O) groups is 1. The highest BCUT2D eigenvalue weighted by molar-refractivity contribution is 7.89. The van der Waals surface area contributed by atoms with Gasteiger partial charge in [-0.3, -0.25) is 10.2 Å². The summed E-state index contributed by atoms with van der Waals surface area (Å²) in [4.78, 5) is 20.5. The molecule has 2 atom stereocenters. The molecule has 11 heteroatoms. The van der Waals surface area contributed by atoms with E-state index in [1.54, 1.807) is 0 Å². The van der Waals surface area contributed by atoms with E-state index in [1.807, 2.05) is 6.92 Å². The van der Waals surface area contributed by atoms with Gasteiger partial charge in [0, 0.05) is 11.3 Å². The van der Waals surface area contributed by atoms with Gasteiger partial charge in [0.05, 0.1) is 37.4 Å². The number of hydrogen-bond donors (Lipinski definition) is 3. The van der Waals surface area contributed by atoms with Crippen molar-refractivity contribution in [2.24, 2.45) is 0 Å². The molecule has 2 heterocycles. The molecule has 0 radical (unpaired) electrons. The Hall–Kier alpha value is -2.92. The Bertz CT molecular complexity index is 898. The number of halogens is 1. The Morgan fingerprint density at radius 3 is 2.93 bits per heavy atom. The van der Waals surface area contributed by atoms with Gasteiger partial charge in [0.1, 0.15) is 17.6 Å². The maximum Gasteiger partial charge on any atom is 0.275 e. The first-order valence-electron chi connectivity index (χ1n) is 8.92. The Morgan fingerprint density at radius 2 is 2.28 bits per heavy atom. The zero-order valence-electron chi connectivity index (χ0n) is 15.9. The fourth-order valence-electron chi connectivity index (χ4n) is 2.62. The van der Waals surface area contributed by atoms with Gasteiger partial charge in [-0.2, -0.15) is 4.31 Å². The molecule has 1 aromatic heterocycles. The van der Waals surface area contributed by atoms with Gasteiger partial charge in [0.25, 0.3) is 5.91 Å². The van der Waals surface area contributed by atoms with E-state index in [4.69, 9.17) is 10.1 Å². The number of ether oxygens (including phenoxy) is 1. The van der Waals surface area contributed by atoms with Crippen LogP contribution in [0.2, 0.25) is 0 Å². The molecule has 0 saturated carbocycles. The Balaban J connectivity index is 1.72. The van der Waals surface area contributed by atoms with E-state index in [2.05, 4.69) is 20.6 Å². The predicted octanol–water partition coefficient (Wildman–Crippen LogP) is 1.83. The lowest BCUT2D eigenvalue weighted by Gasteiger charge is -2.33. The van der Waals surface area contributed by atoms with Crippen LogP contribution in [0, 0.1) is 11.2 Å². The van der Waals surface area contributed by atoms with Crippen molar-refractivity contribution in [2.75, 3.05) is 24.7 Å². The number of hydrogen-bond acceptors (Lipinski definition) is 6. The van der Waals surface area contributed by atoms with Crippen molar-refractivity contribution in [2.45, 2.75) is 19.4 Å². The van der Waals surface area contributed by atoms with Gasteiger partial charge >= 0.3 is 0 Å². The van der Waals surface area contributed by atoms with Crippen molar-refractivity contribution in [3.05, 3.63) is 47.7 Å². The van der Waals surface area contributed by atoms with Gasteiger partial charge < -0.3 is 19.9 Å². The van der Waals surface area contributed by atoms with E-state index in [0.29, 0.717) is 18.2 Å². The van der Waals surface area contributed by atoms with Gasteiger partial charge in [-0.15, -0.1) is 0 Å². The third kappa shape index (κ3) is 4.93. The lowest BCUT2D eigenvalue weighted by Crippen LogP contribution is -2.52. The second-order valence-corrected chi connectivity index (χ2v) is 7.83. The van der Waals surface area contributed by atoms with Crippen molar-refractivity contribution < 1.29 is 18.5 Å². The van der Waals surface area contributed by atoms with Crippen LogP contribution in [0.4, 0.5) is 10.1 Å². The zero-order valence-corrected chi connectivity index (χ0v) is 16.8. The van der Waals surface area contributed by atoms with Crippen LogP contribution in [0.3, 0.4) is 0 Å². The molecular formula is C18H21FN6O3S. The van der Waals surface area contributed by atoms with Crippen LogP contribution in [-0.4, -0.2) is 50.1 Å². The maximum absolute atomic E-state index is 14.3. The summed E-state index contributed by atoms with van der Waals surface area (Å²) in [5.41, 5.74) is 0.640. The fraction of sp³-hybridized carbons (Fsp3) is 0.333. The smallest absolute Gasteiger partial charge is 0.275 e. The average molecular weight is 420 g/mol. The number of benzene rings is 1. The summed E-state index contributed by atoms with van der Waals surface area (Å²) in [6, 6.07) is 3.43. The zero-order chi connectivity index (χ0) is 21.0. The molecule has 1 saturated heterocycles. The largest absolute Gasteiger partial charge is 0.593 e. The summed E-state index contributed by atoms with van der Waals surface area (Å²) in [5, 5.41) is 13.3. The Labute approximate surface area is 170 Å². The van der Waals surface area contributed by atoms with Gasteiger partial charge in [-0.1, -0.05) is 6.92 Å². The highest BCUT2D eigenvalue weighted by Gasteiger charge is 2.33. The quantitative estimate of drug-likeness (QED) is 0.609. The van der Waals surface area contributed by atoms with E-state index in [-0.39, 0.29) is 23.0 Å². The highest BCUT2D eigenvalue weighted by Crippen LogP contribution is 2.26. The third-order valence-electron chi connectivity index (χ3n) is 4.18. The monoisotopic (exact) mass is 420 g/mol. The van der Waals surface area contributed by atoms with Crippen LogP contribution in [0.5, 0.6) is 5.88 Å². The number of carbonyl (C=O) groups excluding carboxylic acids is 1. The summed E-state index contributed by atoms with van der Waals surface area (Å²) < 4.78 is 33.0. The van der Waals surface area contributed by atoms with Crippen LogP contribution >= 0.6 is 0 Å². The molecule has 0 bridgehead atoms. The van der Waals surface area contributed by atoms with Crippen LogP contribution in [-0.2, 0) is 11.4 Å². The first kappa shape index (κ1) is 20.8. The van der Waals surface area contributed by atoms with Gasteiger partial charge in [-0.05, 0) is 24.6 Å². The molecule has 1 unspecified atom stereocenters. The number of nitrogens with zero attached hydrogens (tertiary/aromatic N) is 3. The average Bonchev–Trinajstić information content (AvgIpc) is 2.71. The van der Waals surface area contributed by atoms with Crippen LogP contribution in [0.1, 0.15) is 35.4 Å². The van der Waals surface area contributed by atoms with Gasteiger partial charge in [0.2, 0.25) is 11.8 Å². The summed E-state index contributed by atoms with van der Waals surface area (Å²) in [5.74, 6) is -0.653. The van der Waals surface area contributed by atoms with Gasteiger partial charge in [-0.25, -0.2) is 14.4 Å². The lowest BCUT2D eigenvalue weighted by molar-refractivity contribution is 0.102. The molecule has 3 N–H and O–H groups in total. The molecule has 2 aromatic rings. The molecule has 1 amide bonds. The second kappa shape index (κ2) is 9.05. The topological polar surface area (TPSA) is 126 Å². The van der Waals surface area contributed by atoms with Crippen molar-refractivity contribution in [1.29, 1.82) is 5.41 Å². The van der Waals surface area contributed by atoms with Crippen molar-refractivity contribution in [1.82, 2.24) is 19.6 Å². The summed E-state index contributed by atoms with van der Waals surface area (Å²) >= 11 is -1.44. The van der Waals surface area contributed by atoms with Crippen LogP contribution in [0.25, 0.3) is 0 Å². The fourth-order valence-corrected chi connectivity index (χ4v) is 3.65. The predicted molar refractivity (Wildman–Crippen MR) is 107 cm³/mol. The first-order valence-corrected chi connectivity index (χ1v) is 10.2. The number of guanidine groups is 1. The van der Waals surface area contributed by atoms with Crippen LogP contribution < -0.4 is 15.4 Å². The molecular weight excluding hydrogens is 399 g/mol. The maximum atomic E-state index is 14.3. The van der Waals surface area contributed by atoms with E-state index in [1.165, 1.54) is 41.9 Å². The lowest BCUT2D eigenvalue weighted by atomic mass is 10.1. The Morgan fingerprint density at radius 1 is 1.48 bits per heavy atom. The number of rotatable bonds is 6. The summed E-state index contributed by atoms with van der Waals surface area (Å²) in [7, 11) is 1.52. The molecule has 0 aliphatic carbocycles. The Kier molecular flexibility index (Phi) is 6.49. The van der Waals surface area contributed by atoms with Crippen molar-refractivity contribution in [3.8, 4) is 5.88 Å². The minimum atomic E-state index is -1.44. The van der Waals surface area contributed by atoms with E-state index >= 15 is 0 Å². The first-order chi connectivity index (χ1) is 13.9. The number of aromatic nitrogens is 2. The standard InChI is InChI=1S/C18H21FN6O3S/c1-3-6-28-16-9-21-14(8-22-16)17(26)23-11-4-5-13(19)12(7-11)15-10-29(27)25(2)18(20)24-15/h4-5,7-9,15H,3,6,10H2,1-2H3,(H2,20,24)(H,23,26)/t15-,29?/m0/s1. The van der Waals surface area contributed by atoms with Crippen molar-refractivity contribution in [3.63, 3.8) is 0 Å². The minimum absolute atomic E-state index is 0.0610. The van der Waals surface area contributed by atoms with Crippen LogP contribution in [0.15, 0.2) is 30.6 Å². The second-order valence-electron chi connectivity index (χ2n) is 6.31. The molecule has 29 heavy (non-hydrogen) atoms. The van der Waals surface area contributed by atoms with E-state index in [0.717, 1.165) is 6.42 Å². The number of nitrogens with one attached hydrogen (secondary N) is 3. The van der Waals surface area contributed by atoms with E-state index in [9.17, 15) is 13.7 Å². The molecule has 0 spiro atoms. The minimum Gasteiger partial charge on any atom is -0.593 e. The molecule has 154 valence electrons. The van der Waals surface area contributed by atoms with Gasteiger partial charge in [0.15, 0.2) is 5.75 Å². The highest BCUT2D eigenvalue weighted by atomic mass is 32.2. The summed E-state index contributed by atoms with van der Waals surface area (Å²) in [6.07, 6.45) is 3.49. The summed E-state index contributed by atoms with van der Waals surface area (Å²) in [6.45, 7) is 2.47. The SMILES string of the molecule is CCCOc1cnc(C(=O)Nc2ccc(F)c([C@@H]3C[S+]([O-])N(C)C(=N)N3)c2)cn1. The van der Waals surface area contributed by atoms with Crippen molar-refractivity contribution >= 4 is 28.9 Å². The number of anilines is 1. The molecule has 1 aliphatic rings. The number of amides is 1. The third-order valence-corrected chi connectivity index (χ3v) is 5.60. The molecule has 1 aromatic carbocycles. The van der Waals surface area contributed by atoms with E-state index < -0.39 is 29.1 Å². The molecule has 1 fully saturated rings. The normalized spacial score (nSPS) is 18.9.